The summed E-state index contributed by atoms with van der Waals surface area (Å²) in [7, 11) is 0. The van der Waals surface area contributed by atoms with Crippen LogP contribution in [0.2, 0.25) is 5.02 Å². The molecule has 0 radical (unpaired) electrons. The van der Waals surface area contributed by atoms with Gasteiger partial charge >= 0.3 is 0 Å². The van der Waals surface area contributed by atoms with E-state index in [2.05, 4.69) is 34.8 Å². The van der Waals surface area contributed by atoms with Gasteiger partial charge in [-0.05, 0) is 37.1 Å². The number of rotatable bonds is 6. The molecule has 0 saturated heterocycles. The SMILES string of the molecule is Cc1cc(C(=O)Nc2cc(CN[C@H](C)c3ccccc3)ccc2Cl)no1. The zero-order valence-corrected chi connectivity index (χ0v) is 15.4. The molecule has 5 nitrogen and oxygen atoms in total. The molecule has 3 aromatic rings. The van der Waals surface area contributed by atoms with E-state index in [0.717, 1.165) is 5.56 Å². The van der Waals surface area contributed by atoms with Crippen LogP contribution in [0.4, 0.5) is 5.69 Å². The van der Waals surface area contributed by atoms with E-state index in [9.17, 15) is 4.79 Å². The minimum absolute atomic E-state index is 0.211. The number of anilines is 1. The molecule has 1 atom stereocenters. The Morgan fingerprint density at radius 3 is 2.65 bits per heavy atom. The van der Waals surface area contributed by atoms with E-state index in [1.165, 1.54) is 5.56 Å². The minimum atomic E-state index is -0.355. The first-order valence-corrected chi connectivity index (χ1v) is 8.72. The Balaban J connectivity index is 1.66. The number of amides is 1. The number of halogens is 1. The van der Waals surface area contributed by atoms with Crippen molar-refractivity contribution in [3.8, 4) is 0 Å². The molecule has 0 fully saturated rings. The molecule has 1 heterocycles. The third-order valence-electron chi connectivity index (χ3n) is 4.05. The van der Waals surface area contributed by atoms with Crippen molar-refractivity contribution in [1.29, 1.82) is 0 Å². The molecular weight excluding hydrogens is 350 g/mol. The predicted molar refractivity (Wildman–Crippen MR) is 102 cm³/mol. The van der Waals surface area contributed by atoms with Crippen LogP contribution in [-0.2, 0) is 6.54 Å². The molecule has 0 bridgehead atoms. The summed E-state index contributed by atoms with van der Waals surface area (Å²) in [5, 5.41) is 10.4. The van der Waals surface area contributed by atoms with Crippen LogP contribution >= 0.6 is 11.6 Å². The van der Waals surface area contributed by atoms with Crippen LogP contribution < -0.4 is 10.6 Å². The van der Waals surface area contributed by atoms with Crippen LogP contribution in [-0.4, -0.2) is 11.1 Å². The lowest BCUT2D eigenvalue weighted by molar-refractivity contribution is 0.101. The summed E-state index contributed by atoms with van der Waals surface area (Å²) < 4.78 is 4.93. The molecule has 1 aromatic heterocycles. The number of aryl methyl sites for hydroxylation is 1. The van der Waals surface area contributed by atoms with Crippen molar-refractivity contribution in [2.24, 2.45) is 0 Å². The average Bonchev–Trinajstić information content (AvgIpc) is 3.09. The first kappa shape index (κ1) is 18.2. The maximum Gasteiger partial charge on any atom is 0.277 e. The first-order valence-electron chi connectivity index (χ1n) is 8.34. The minimum Gasteiger partial charge on any atom is -0.361 e. The fourth-order valence-electron chi connectivity index (χ4n) is 2.57. The van der Waals surface area contributed by atoms with Gasteiger partial charge in [0.15, 0.2) is 5.69 Å². The lowest BCUT2D eigenvalue weighted by atomic mass is 10.1. The zero-order valence-electron chi connectivity index (χ0n) is 14.6. The second kappa shape index (κ2) is 8.17. The van der Waals surface area contributed by atoms with Gasteiger partial charge in [-0.25, -0.2) is 0 Å². The number of aromatic nitrogens is 1. The van der Waals surface area contributed by atoms with E-state index in [-0.39, 0.29) is 17.6 Å². The normalized spacial score (nSPS) is 12.0. The molecule has 0 saturated carbocycles. The Bertz CT molecular complexity index is 893. The van der Waals surface area contributed by atoms with Crippen LogP contribution in [0.25, 0.3) is 0 Å². The van der Waals surface area contributed by atoms with Gasteiger partial charge in [0.25, 0.3) is 5.91 Å². The molecule has 2 N–H and O–H groups in total. The summed E-state index contributed by atoms with van der Waals surface area (Å²) in [6.07, 6.45) is 0. The zero-order chi connectivity index (χ0) is 18.5. The fraction of sp³-hybridized carbons (Fsp3) is 0.200. The number of nitrogens with one attached hydrogen (secondary N) is 2. The third-order valence-corrected chi connectivity index (χ3v) is 4.38. The molecule has 0 aliphatic heterocycles. The summed E-state index contributed by atoms with van der Waals surface area (Å²) in [5.41, 5.74) is 3.00. The highest BCUT2D eigenvalue weighted by atomic mass is 35.5. The second-order valence-electron chi connectivity index (χ2n) is 6.10. The Kier molecular flexibility index (Phi) is 5.71. The van der Waals surface area contributed by atoms with Gasteiger partial charge < -0.3 is 15.2 Å². The van der Waals surface area contributed by atoms with E-state index in [1.807, 2.05) is 30.3 Å². The quantitative estimate of drug-likeness (QED) is 0.658. The van der Waals surface area contributed by atoms with Crippen LogP contribution in [0.15, 0.2) is 59.1 Å². The number of hydrogen-bond acceptors (Lipinski definition) is 4. The molecule has 0 unspecified atom stereocenters. The average molecular weight is 370 g/mol. The molecular formula is C20H20ClN3O2. The highest BCUT2D eigenvalue weighted by Gasteiger charge is 2.13. The molecule has 3 rings (SSSR count). The molecule has 0 aliphatic carbocycles. The largest absolute Gasteiger partial charge is 0.361 e. The standard InChI is InChI=1S/C20H20ClN3O2/c1-13-10-19(24-26-13)20(25)23-18-11-15(8-9-17(18)21)12-22-14(2)16-6-4-3-5-7-16/h3-11,14,22H,12H2,1-2H3,(H,23,25)/t14-/m1/s1. The monoisotopic (exact) mass is 369 g/mol. The smallest absolute Gasteiger partial charge is 0.277 e. The molecule has 134 valence electrons. The third kappa shape index (κ3) is 4.50. The maximum atomic E-state index is 12.2. The van der Waals surface area contributed by atoms with Gasteiger partial charge in [-0.3, -0.25) is 4.79 Å². The van der Waals surface area contributed by atoms with E-state index in [0.29, 0.717) is 23.0 Å². The van der Waals surface area contributed by atoms with Crippen molar-refractivity contribution in [3.05, 3.63) is 82.2 Å². The fourth-order valence-corrected chi connectivity index (χ4v) is 2.73. The van der Waals surface area contributed by atoms with E-state index >= 15 is 0 Å². The highest BCUT2D eigenvalue weighted by molar-refractivity contribution is 6.33. The number of nitrogens with zero attached hydrogens (tertiary/aromatic N) is 1. The number of carbonyl (C=O) groups is 1. The first-order chi connectivity index (χ1) is 12.5. The van der Waals surface area contributed by atoms with Crippen molar-refractivity contribution in [3.63, 3.8) is 0 Å². The Hall–Kier alpha value is -2.63. The van der Waals surface area contributed by atoms with E-state index in [1.54, 1.807) is 19.1 Å². The summed E-state index contributed by atoms with van der Waals surface area (Å²) >= 11 is 6.21. The van der Waals surface area contributed by atoms with Crippen molar-refractivity contribution >= 4 is 23.2 Å². The molecule has 26 heavy (non-hydrogen) atoms. The summed E-state index contributed by atoms with van der Waals surface area (Å²) in [4.78, 5) is 12.2. The van der Waals surface area contributed by atoms with Crippen LogP contribution in [0.1, 0.15) is 40.3 Å². The molecule has 1 amide bonds. The van der Waals surface area contributed by atoms with Gasteiger partial charge in [0.1, 0.15) is 5.76 Å². The second-order valence-corrected chi connectivity index (χ2v) is 6.51. The summed E-state index contributed by atoms with van der Waals surface area (Å²) in [5.74, 6) is 0.223. The Morgan fingerprint density at radius 1 is 1.19 bits per heavy atom. The van der Waals surface area contributed by atoms with Gasteiger partial charge in [-0.2, -0.15) is 0 Å². The van der Waals surface area contributed by atoms with Gasteiger partial charge in [-0.15, -0.1) is 0 Å². The Morgan fingerprint density at radius 2 is 1.96 bits per heavy atom. The van der Waals surface area contributed by atoms with Crippen molar-refractivity contribution in [2.75, 3.05) is 5.32 Å². The number of benzene rings is 2. The van der Waals surface area contributed by atoms with Gasteiger partial charge in [-0.1, -0.05) is 53.2 Å². The van der Waals surface area contributed by atoms with Gasteiger partial charge in [0.05, 0.1) is 10.7 Å². The van der Waals surface area contributed by atoms with E-state index in [4.69, 9.17) is 16.1 Å². The van der Waals surface area contributed by atoms with Gasteiger partial charge in [0.2, 0.25) is 0 Å². The van der Waals surface area contributed by atoms with Crippen molar-refractivity contribution in [2.45, 2.75) is 26.4 Å². The van der Waals surface area contributed by atoms with Crippen molar-refractivity contribution in [1.82, 2.24) is 10.5 Å². The Labute approximate surface area is 157 Å². The molecule has 0 spiro atoms. The van der Waals surface area contributed by atoms with Crippen LogP contribution in [0, 0.1) is 6.92 Å². The lowest BCUT2D eigenvalue weighted by Gasteiger charge is -2.15. The lowest BCUT2D eigenvalue weighted by Crippen LogP contribution is -2.18. The maximum absolute atomic E-state index is 12.2. The summed E-state index contributed by atoms with van der Waals surface area (Å²) in [6.45, 7) is 4.50. The highest BCUT2D eigenvalue weighted by Crippen LogP contribution is 2.24. The van der Waals surface area contributed by atoms with Gasteiger partial charge in [0, 0.05) is 18.7 Å². The van der Waals surface area contributed by atoms with E-state index < -0.39 is 0 Å². The predicted octanol–water partition coefficient (Wildman–Crippen LogP) is 4.74. The molecule has 0 aliphatic rings. The molecule has 6 heteroatoms. The van der Waals surface area contributed by atoms with Crippen molar-refractivity contribution < 1.29 is 9.32 Å². The topological polar surface area (TPSA) is 67.2 Å². The van der Waals surface area contributed by atoms with Crippen LogP contribution in [0.5, 0.6) is 0 Å². The number of hydrogen-bond donors (Lipinski definition) is 2. The number of carbonyl (C=O) groups excluding carboxylic acids is 1. The molecule has 2 aromatic carbocycles. The summed E-state index contributed by atoms with van der Waals surface area (Å²) in [6, 6.07) is 17.6. The van der Waals surface area contributed by atoms with Crippen LogP contribution in [0.3, 0.4) is 0 Å².